The standard InChI is InChI=1S/C18H24N6O5/c1-5-11-20-13(14-16(24-27)23-12(6-2)21-14)15(22-11)19-9-10(17(25)28-7-3)18(26)29-8-4/h9,19H,5-8H2,1-4H3,(H,20,22)(H,21,23). The summed E-state index contributed by atoms with van der Waals surface area (Å²) in [5.41, 5.74) is 0.467. The van der Waals surface area contributed by atoms with Crippen LogP contribution < -0.4 is 5.32 Å². The van der Waals surface area contributed by atoms with Gasteiger partial charge in [-0.1, -0.05) is 13.8 Å². The van der Waals surface area contributed by atoms with E-state index in [4.69, 9.17) is 9.47 Å². The minimum Gasteiger partial charge on any atom is -0.462 e. The zero-order valence-corrected chi connectivity index (χ0v) is 16.8. The van der Waals surface area contributed by atoms with Crippen LogP contribution in [0.25, 0.3) is 11.4 Å². The van der Waals surface area contributed by atoms with Crippen LogP contribution in [0.5, 0.6) is 0 Å². The fourth-order valence-corrected chi connectivity index (χ4v) is 2.45. The molecule has 0 aliphatic carbocycles. The number of carbonyl (C=O) groups excluding carboxylic acids is 2. The molecule has 0 radical (unpaired) electrons. The molecule has 2 aromatic rings. The average molecular weight is 404 g/mol. The van der Waals surface area contributed by atoms with E-state index < -0.39 is 11.9 Å². The number of nitrogens with zero attached hydrogens (tertiary/aromatic N) is 3. The summed E-state index contributed by atoms with van der Waals surface area (Å²) in [4.78, 5) is 50.0. The van der Waals surface area contributed by atoms with Crippen LogP contribution in [0, 0.1) is 4.91 Å². The molecule has 0 spiro atoms. The first kappa shape index (κ1) is 21.8. The molecule has 0 fully saturated rings. The van der Waals surface area contributed by atoms with Gasteiger partial charge in [0.2, 0.25) is 5.82 Å². The van der Waals surface area contributed by atoms with Gasteiger partial charge in [0.25, 0.3) is 0 Å². The molecule has 2 rings (SSSR count). The van der Waals surface area contributed by atoms with E-state index in [1.54, 1.807) is 13.8 Å². The Kier molecular flexibility index (Phi) is 7.63. The largest absolute Gasteiger partial charge is 0.462 e. The first-order chi connectivity index (χ1) is 14.0. The smallest absolute Gasteiger partial charge is 0.347 e. The summed E-state index contributed by atoms with van der Waals surface area (Å²) in [5, 5.41) is 5.79. The second kappa shape index (κ2) is 10.2. The van der Waals surface area contributed by atoms with Crippen LogP contribution in [-0.4, -0.2) is 45.1 Å². The molecule has 0 aromatic carbocycles. The molecule has 29 heavy (non-hydrogen) atoms. The number of aromatic amines is 2. The highest BCUT2D eigenvalue weighted by molar-refractivity contribution is 6.14. The van der Waals surface area contributed by atoms with Gasteiger partial charge in [-0.05, 0) is 19.0 Å². The van der Waals surface area contributed by atoms with Crippen LogP contribution in [0.4, 0.5) is 11.6 Å². The van der Waals surface area contributed by atoms with Crippen molar-refractivity contribution >= 4 is 23.6 Å². The van der Waals surface area contributed by atoms with E-state index in [1.807, 2.05) is 13.8 Å². The molecule has 3 N–H and O–H groups in total. The van der Waals surface area contributed by atoms with E-state index in [1.165, 1.54) is 6.20 Å². The van der Waals surface area contributed by atoms with Gasteiger partial charge >= 0.3 is 11.9 Å². The van der Waals surface area contributed by atoms with Crippen LogP contribution >= 0.6 is 0 Å². The average Bonchev–Trinajstić information content (AvgIpc) is 3.31. The summed E-state index contributed by atoms with van der Waals surface area (Å²) in [6.45, 7) is 7.25. The molecule has 0 saturated heterocycles. The highest BCUT2D eigenvalue weighted by Crippen LogP contribution is 2.32. The summed E-state index contributed by atoms with van der Waals surface area (Å²) in [5.74, 6) is -0.176. The number of hydrogen-bond acceptors (Lipinski definition) is 9. The zero-order chi connectivity index (χ0) is 21.4. The van der Waals surface area contributed by atoms with Crippen molar-refractivity contribution < 1.29 is 19.1 Å². The molecule has 2 aromatic heterocycles. The predicted octanol–water partition coefficient (Wildman–Crippen LogP) is 2.74. The third kappa shape index (κ3) is 5.06. The van der Waals surface area contributed by atoms with Gasteiger partial charge in [-0.3, -0.25) is 0 Å². The van der Waals surface area contributed by atoms with Crippen LogP contribution in [0.3, 0.4) is 0 Å². The van der Waals surface area contributed by atoms with Crippen LogP contribution in [0.2, 0.25) is 0 Å². The number of carbonyl (C=O) groups is 2. The number of anilines is 1. The van der Waals surface area contributed by atoms with E-state index in [9.17, 15) is 14.5 Å². The zero-order valence-electron chi connectivity index (χ0n) is 16.8. The van der Waals surface area contributed by atoms with Crippen molar-refractivity contribution in [2.45, 2.75) is 40.5 Å². The number of aromatic nitrogens is 4. The van der Waals surface area contributed by atoms with Gasteiger partial charge in [0.15, 0.2) is 11.4 Å². The highest BCUT2D eigenvalue weighted by atomic mass is 16.6. The number of ether oxygens (including phenoxy) is 2. The van der Waals surface area contributed by atoms with E-state index in [0.29, 0.717) is 35.9 Å². The van der Waals surface area contributed by atoms with Crippen LogP contribution in [0.1, 0.15) is 39.3 Å². The molecule has 0 unspecified atom stereocenters. The fourth-order valence-electron chi connectivity index (χ4n) is 2.45. The molecule has 0 atom stereocenters. The van der Waals surface area contributed by atoms with Crippen molar-refractivity contribution in [3.63, 3.8) is 0 Å². The van der Waals surface area contributed by atoms with Gasteiger partial charge in [-0.15, -0.1) is 4.91 Å². The summed E-state index contributed by atoms with van der Waals surface area (Å²) in [6.07, 6.45) is 2.33. The number of rotatable bonds is 10. The Morgan fingerprint density at radius 1 is 0.966 bits per heavy atom. The second-order valence-electron chi connectivity index (χ2n) is 5.73. The number of imidazole rings is 2. The lowest BCUT2D eigenvalue weighted by molar-refractivity contribution is -0.146. The molecule has 11 nitrogen and oxygen atoms in total. The Morgan fingerprint density at radius 2 is 1.52 bits per heavy atom. The maximum atomic E-state index is 12.1. The minimum atomic E-state index is -0.823. The van der Waals surface area contributed by atoms with Crippen molar-refractivity contribution in [2.24, 2.45) is 5.18 Å². The summed E-state index contributed by atoms with van der Waals surface area (Å²) >= 11 is 0. The number of nitroso groups, excluding NO2 is 1. The van der Waals surface area contributed by atoms with Crippen molar-refractivity contribution in [1.29, 1.82) is 0 Å². The summed E-state index contributed by atoms with van der Waals surface area (Å²) in [6, 6.07) is 0. The van der Waals surface area contributed by atoms with Gasteiger partial charge in [-0.25, -0.2) is 19.6 Å². The summed E-state index contributed by atoms with van der Waals surface area (Å²) in [7, 11) is 0. The molecule has 156 valence electrons. The quantitative estimate of drug-likeness (QED) is 0.180. The Morgan fingerprint density at radius 3 is 2.03 bits per heavy atom. The fraction of sp³-hybridized carbons (Fsp3) is 0.444. The first-order valence-corrected chi connectivity index (χ1v) is 9.31. The number of hydrogen-bond donors (Lipinski definition) is 3. The second-order valence-corrected chi connectivity index (χ2v) is 5.73. The number of aryl methyl sites for hydroxylation is 2. The van der Waals surface area contributed by atoms with Crippen molar-refractivity contribution in [1.82, 2.24) is 19.9 Å². The molecule has 0 saturated carbocycles. The molecule has 0 bridgehead atoms. The monoisotopic (exact) mass is 404 g/mol. The minimum absolute atomic E-state index is 0.0174. The Bertz CT molecular complexity index is 894. The van der Waals surface area contributed by atoms with E-state index in [0.717, 1.165) is 0 Å². The lowest BCUT2D eigenvalue weighted by Gasteiger charge is -2.07. The lowest BCUT2D eigenvalue weighted by Crippen LogP contribution is -2.19. The molecule has 2 heterocycles. The van der Waals surface area contributed by atoms with Gasteiger partial charge in [0.05, 0.1) is 13.2 Å². The van der Waals surface area contributed by atoms with Gasteiger partial charge in [0.1, 0.15) is 23.0 Å². The summed E-state index contributed by atoms with van der Waals surface area (Å²) < 4.78 is 9.81. The first-order valence-electron chi connectivity index (χ1n) is 9.31. The van der Waals surface area contributed by atoms with Gasteiger partial charge < -0.3 is 24.8 Å². The van der Waals surface area contributed by atoms with Crippen molar-refractivity contribution in [3.05, 3.63) is 28.3 Å². The molecule has 0 aliphatic heterocycles. The van der Waals surface area contributed by atoms with E-state index >= 15 is 0 Å². The molecular formula is C18H24N6O5. The van der Waals surface area contributed by atoms with Crippen LogP contribution in [0.15, 0.2) is 16.9 Å². The molecule has 0 amide bonds. The third-order valence-electron chi connectivity index (χ3n) is 3.84. The topological polar surface area (TPSA) is 151 Å². The Hall–Kier alpha value is -3.50. The SMILES string of the molecule is CCOC(=O)C(=CNc1nc(CC)[nH]c1-c1[nH]c(CC)nc1N=O)C(=O)OCC. The van der Waals surface area contributed by atoms with E-state index in [-0.39, 0.29) is 30.4 Å². The predicted molar refractivity (Wildman–Crippen MR) is 105 cm³/mol. The van der Waals surface area contributed by atoms with Gasteiger partial charge in [-0.2, -0.15) is 0 Å². The third-order valence-corrected chi connectivity index (χ3v) is 3.84. The lowest BCUT2D eigenvalue weighted by atomic mass is 10.3. The van der Waals surface area contributed by atoms with Crippen molar-refractivity contribution in [2.75, 3.05) is 18.5 Å². The molecular weight excluding hydrogens is 380 g/mol. The molecule has 11 heteroatoms. The Balaban J connectivity index is 2.46. The molecule has 0 aliphatic rings. The normalized spacial score (nSPS) is 10.3. The van der Waals surface area contributed by atoms with Crippen LogP contribution in [-0.2, 0) is 31.9 Å². The number of H-pyrrole nitrogens is 2. The van der Waals surface area contributed by atoms with E-state index in [2.05, 4.69) is 30.4 Å². The Labute approximate surface area is 167 Å². The highest BCUT2D eigenvalue weighted by Gasteiger charge is 2.23. The number of nitrogens with one attached hydrogen (secondary N) is 3. The maximum absolute atomic E-state index is 12.1. The van der Waals surface area contributed by atoms with Crippen molar-refractivity contribution in [3.8, 4) is 11.4 Å². The van der Waals surface area contributed by atoms with Gasteiger partial charge in [0, 0.05) is 19.0 Å². The maximum Gasteiger partial charge on any atom is 0.347 e. The number of esters is 2.